The molecule has 5 nitrogen and oxygen atoms in total. The van der Waals surface area contributed by atoms with Gasteiger partial charge in [-0.15, -0.1) is 0 Å². The van der Waals surface area contributed by atoms with E-state index in [1.807, 2.05) is 95.8 Å². The van der Waals surface area contributed by atoms with Crippen molar-refractivity contribution in [3.63, 3.8) is 0 Å². The highest BCUT2D eigenvalue weighted by atomic mass is 32.1. The van der Waals surface area contributed by atoms with Crippen molar-refractivity contribution in [1.29, 1.82) is 0 Å². The lowest BCUT2D eigenvalue weighted by molar-refractivity contribution is 0.256. The Morgan fingerprint density at radius 2 is 1.15 bits per heavy atom. The fourth-order valence-electron chi connectivity index (χ4n) is 3.24. The number of rotatable bonds is 9. The zero-order chi connectivity index (χ0) is 23.0. The fraction of sp³-hybridized carbons (Fsp3) is 0.148. The molecule has 33 heavy (non-hydrogen) atoms. The number of aromatic nitrogens is 1. The molecule has 0 aliphatic heterocycles. The Kier molecular flexibility index (Phi) is 7.27. The maximum absolute atomic E-state index is 6.19. The van der Waals surface area contributed by atoms with Gasteiger partial charge in [0.1, 0.15) is 24.7 Å². The first-order chi connectivity index (χ1) is 16.1. The van der Waals surface area contributed by atoms with Crippen LogP contribution in [0.15, 0.2) is 91.3 Å². The van der Waals surface area contributed by atoms with Gasteiger partial charge in [0.25, 0.3) is 0 Å². The Balaban J connectivity index is 1.56. The minimum absolute atomic E-state index is 0.405. The summed E-state index contributed by atoms with van der Waals surface area (Å²) in [6, 6.07) is 25.3. The van der Waals surface area contributed by atoms with Crippen LogP contribution in [-0.2, 0) is 13.2 Å². The highest BCUT2D eigenvalue weighted by Crippen LogP contribution is 2.31. The average Bonchev–Trinajstić information content (AvgIpc) is 2.87. The molecule has 168 valence electrons. The number of hydrogen-bond donors (Lipinski definition) is 0. The van der Waals surface area contributed by atoms with Gasteiger partial charge in [-0.1, -0.05) is 36.5 Å². The number of hydrogen-bond acceptors (Lipinski definition) is 5. The third kappa shape index (κ3) is 5.93. The van der Waals surface area contributed by atoms with E-state index in [9.17, 15) is 0 Å². The second kappa shape index (κ2) is 10.7. The molecule has 0 saturated heterocycles. The van der Waals surface area contributed by atoms with E-state index < -0.39 is 0 Å². The van der Waals surface area contributed by atoms with Crippen molar-refractivity contribution in [2.75, 3.05) is 14.2 Å². The smallest absolute Gasteiger partial charge is 0.163 e. The summed E-state index contributed by atoms with van der Waals surface area (Å²) in [5.41, 5.74) is 3.02. The standard InChI is InChI=1S/C27H25NO4S/c1-29-23-8-3-20(4-9-23)18-31-26-12-7-22(28-15-13-25(33)14-16-28)17-27(26)32-19-21-5-10-24(30-2)11-6-21/h3-17H,18-19H2,1-2H3. The molecule has 0 bridgehead atoms. The highest BCUT2D eigenvalue weighted by molar-refractivity contribution is 7.71. The molecule has 0 amide bonds. The molecule has 1 heterocycles. The molecular formula is C27H25NO4S. The van der Waals surface area contributed by atoms with Crippen LogP contribution in [0, 0.1) is 4.51 Å². The quantitative estimate of drug-likeness (QED) is 0.272. The van der Waals surface area contributed by atoms with Crippen molar-refractivity contribution in [2.45, 2.75) is 13.2 Å². The van der Waals surface area contributed by atoms with Crippen molar-refractivity contribution < 1.29 is 18.9 Å². The lowest BCUT2D eigenvalue weighted by Crippen LogP contribution is -2.02. The maximum Gasteiger partial charge on any atom is 0.163 e. The Morgan fingerprint density at radius 3 is 1.67 bits per heavy atom. The first kappa shape index (κ1) is 22.4. The maximum atomic E-state index is 6.19. The van der Waals surface area contributed by atoms with E-state index in [0.29, 0.717) is 24.7 Å². The van der Waals surface area contributed by atoms with Gasteiger partial charge in [-0.2, -0.15) is 0 Å². The average molecular weight is 460 g/mol. The molecule has 0 N–H and O–H groups in total. The Labute approximate surface area is 198 Å². The lowest BCUT2D eigenvalue weighted by atomic mass is 10.2. The molecule has 3 aromatic carbocycles. The van der Waals surface area contributed by atoms with Crippen LogP contribution in [-0.4, -0.2) is 18.8 Å². The summed E-state index contributed by atoms with van der Waals surface area (Å²) >= 11 is 5.20. The minimum Gasteiger partial charge on any atom is -0.497 e. The van der Waals surface area contributed by atoms with Gasteiger partial charge in [0.15, 0.2) is 11.5 Å². The van der Waals surface area contributed by atoms with Gasteiger partial charge in [0, 0.05) is 28.7 Å². The van der Waals surface area contributed by atoms with E-state index in [4.69, 9.17) is 31.2 Å². The van der Waals surface area contributed by atoms with Crippen molar-refractivity contribution in [3.8, 4) is 28.7 Å². The summed E-state index contributed by atoms with van der Waals surface area (Å²) in [5, 5.41) is 0. The molecule has 0 radical (unpaired) electrons. The van der Waals surface area contributed by atoms with Gasteiger partial charge in [-0.05, 0) is 59.7 Å². The number of nitrogens with zero attached hydrogens (tertiary/aromatic N) is 1. The van der Waals surface area contributed by atoms with E-state index in [2.05, 4.69) is 0 Å². The van der Waals surface area contributed by atoms with Crippen molar-refractivity contribution in [3.05, 3.63) is 107 Å². The number of ether oxygens (including phenoxy) is 4. The summed E-state index contributed by atoms with van der Waals surface area (Å²) < 4.78 is 25.5. The Morgan fingerprint density at radius 1 is 0.636 bits per heavy atom. The van der Waals surface area contributed by atoms with E-state index in [0.717, 1.165) is 32.8 Å². The monoisotopic (exact) mass is 459 g/mol. The molecule has 0 saturated carbocycles. The second-order valence-corrected chi connectivity index (χ2v) is 7.82. The van der Waals surface area contributed by atoms with Gasteiger partial charge < -0.3 is 23.5 Å². The van der Waals surface area contributed by atoms with Gasteiger partial charge in [0.2, 0.25) is 0 Å². The van der Waals surface area contributed by atoms with Crippen LogP contribution in [0.1, 0.15) is 11.1 Å². The number of benzene rings is 3. The van der Waals surface area contributed by atoms with Gasteiger partial charge in [-0.3, -0.25) is 0 Å². The third-order valence-corrected chi connectivity index (χ3v) is 5.40. The van der Waals surface area contributed by atoms with Crippen LogP contribution < -0.4 is 18.9 Å². The highest BCUT2D eigenvalue weighted by Gasteiger charge is 2.09. The van der Waals surface area contributed by atoms with Crippen LogP contribution in [0.2, 0.25) is 0 Å². The largest absolute Gasteiger partial charge is 0.497 e. The molecule has 6 heteroatoms. The topological polar surface area (TPSA) is 41.9 Å². The summed E-state index contributed by atoms with van der Waals surface area (Å²) in [6.45, 7) is 0.822. The first-order valence-corrected chi connectivity index (χ1v) is 10.9. The van der Waals surface area contributed by atoms with Crippen molar-refractivity contribution in [2.24, 2.45) is 0 Å². The van der Waals surface area contributed by atoms with E-state index in [1.54, 1.807) is 14.2 Å². The van der Waals surface area contributed by atoms with Gasteiger partial charge in [-0.25, -0.2) is 0 Å². The predicted molar refractivity (Wildman–Crippen MR) is 131 cm³/mol. The summed E-state index contributed by atoms with van der Waals surface area (Å²) in [7, 11) is 3.30. The molecule has 4 aromatic rings. The molecular weight excluding hydrogens is 434 g/mol. The molecule has 4 rings (SSSR count). The second-order valence-electron chi connectivity index (χ2n) is 7.35. The van der Waals surface area contributed by atoms with Crippen molar-refractivity contribution in [1.82, 2.24) is 4.57 Å². The normalized spacial score (nSPS) is 10.5. The molecule has 0 fully saturated rings. The SMILES string of the molecule is COc1ccc(COc2ccc(-n3ccc(=S)cc3)cc2OCc2ccc(OC)cc2)cc1. The van der Waals surface area contributed by atoms with Gasteiger partial charge >= 0.3 is 0 Å². The molecule has 0 aliphatic carbocycles. The minimum atomic E-state index is 0.405. The molecule has 0 spiro atoms. The zero-order valence-corrected chi connectivity index (χ0v) is 19.4. The van der Waals surface area contributed by atoms with Crippen LogP contribution in [0.25, 0.3) is 5.69 Å². The Bertz CT molecular complexity index is 1230. The number of pyridine rings is 1. The van der Waals surface area contributed by atoms with Crippen LogP contribution in [0.5, 0.6) is 23.0 Å². The third-order valence-electron chi connectivity index (χ3n) is 5.13. The number of methoxy groups -OCH3 is 2. The summed E-state index contributed by atoms with van der Waals surface area (Å²) in [5.74, 6) is 2.95. The molecule has 0 unspecified atom stereocenters. The Hall–Kier alpha value is -3.77. The van der Waals surface area contributed by atoms with E-state index in [1.165, 1.54) is 0 Å². The van der Waals surface area contributed by atoms with E-state index in [-0.39, 0.29) is 0 Å². The first-order valence-electron chi connectivity index (χ1n) is 10.5. The fourth-order valence-corrected chi connectivity index (χ4v) is 3.36. The zero-order valence-electron chi connectivity index (χ0n) is 18.6. The lowest BCUT2D eigenvalue weighted by Gasteiger charge is -2.16. The van der Waals surface area contributed by atoms with Crippen LogP contribution in [0.3, 0.4) is 0 Å². The summed E-state index contributed by atoms with van der Waals surface area (Å²) in [6.07, 6.45) is 3.87. The molecule has 0 atom stereocenters. The van der Waals surface area contributed by atoms with E-state index >= 15 is 0 Å². The predicted octanol–water partition coefficient (Wildman–Crippen LogP) is 6.38. The van der Waals surface area contributed by atoms with Crippen LogP contribution >= 0.6 is 12.2 Å². The molecule has 0 aliphatic rings. The van der Waals surface area contributed by atoms with Crippen molar-refractivity contribution >= 4 is 12.2 Å². The van der Waals surface area contributed by atoms with Crippen LogP contribution in [0.4, 0.5) is 0 Å². The van der Waals surface area contributed by atoms with Gasteiger partial charge in [0.05, 0.1) is 14.2 Å². The summed E-state index contributed by atoms with van der Waals surface area (Å²) in [4.78, 5) is 0. The molecule has 1 aromatic heterocycles.